The molecule has 0 unspecified atom stereocenters. The van der Waals surface area contributed by atoms with Gasteiger partial charge >= 0.3 is 5.97 Å². The van der Waals surface area contributed by atoms with Crippen molar-refractivity contribution in [3.05, 3.63) is 90.0 Å². The van der Waals surface area contributed by atoms with E-state index in [-0.39, 0.29) is 4.90 Å². The summed E-state index contributed by atoms with van der Waals surface area (Å²) in [4.78, 5) is 23.7. The zero-order chi connectivity index (χ0) is 24.6. The third kappa shape index (κ3) is 6.52. The lowest BCUT2D eigenvalue weighted by Gasteiger charge is -2.24. The van der Waals surface area contributed by atoms with Crippen LogP contribution in [0.2, 0.25) is 0 Å². The summed E-state index contributed by atoms with van der Waals surface area (Å²) in [5.41, 5.74) is 4.44. The van der Waals surface area contributed by atoms with E-state index in [1.54, 1.807) is 54.6 Å². The Hall–Kier alpha value is -3.98. The molecule has 8 nitrogen and oxygen atoms in total. The van der Waals surface area contributed by atoms with E-state index >= 15 is 0 Å². The van der Waals surface area contributed by atoms with Crippen molar-refractivity contribution in [3.8, 4) is 5.75 Å². The standard InChI is InChI=1S/C25H25N3O5S/c1-3-20-9-13-22(14-10-20)28(34(31,32)24-7-5-4-6-8-24)18-25(30)27-26-17-21-11-15-23(16-12-21)33-19(2)29/h4-17H,3,18H2,1-2H3,(H,27,30)/b26-17-. The Bertz CT molecular complexity index is 1260. The first-order valence-corrected chi connectivity index (χ1v) is 12.0. The summed E-state index contributed by atoms with van der Waals surface area (Å²) >= 11 is 0. The first-order chi connectivity index (χ1) is 16.3. The minimum absolute atomic E-state index is 0.0822. The average Bonchev–Trinajstić information content (AvgIpc) is 2.84. The van der Waals surface area contributed by atoms with Gasteiger partial charge in [0.05, 0.1) is 16.8 Å². The number of aryl methyl sites for hydroxylation is 1. The zero-order valence-corrected chi connectivity index (χ0v) is 19.7. The molecule has 0 heterocycles. The lowest BCUT2D eigenvalue weighted by atomic mass is 10.1. The van der Waals surface area contributed by atoms with E-state index in [1.807, 2.05) is 19.1 Å². The largest absolute Gasteiger partial charge is 0.427 e. The average molecular weight is 480 g/mol. The van der Waals surface area contributed by atoms with Crippen LogP contribution in [0.3, 0.4) is 0 Å². The van der Waals surface area contributed by atoms with E-state index in [0.717, 1.165) is 16.3 Å². The third-order valence-electron chi connectivity index (χ3n) is 4.80. The van der Waals surface area contributed by atoms with Crippen LogP contribution >= 0.6 is 0 Å². The number of rotatable bonds is 9. The minimum Gasteiger partial charge on any atom is -0.427 e. The number of anilines is 1. The number of esters is 1. The molecule has 0 spiro atoms. The van der Waals surface area contributed by atoms with E-state index in [2.05, 4.69) is 10.5 Å². The van der Waals surface area contributed by atoms with E-state index in [4.69, 9.17) is 4.74 Å². The smallest absolute Gasteiger partial charge is 0.308 e. The quantitative estimate of drug-likeness (QED) is 0.219. The topological polar surface area (TPSA) is 105 Å². The highest BCUT2D eigenvalue weighted by molar-refractivity contribution is 7.92. The highest BCUT2D eigenvalue weighted by atomic mass is 32.2. The van der Waals surface area contributed by atoms with E-state index in [9.17, 15) is 18.0 Å². The van der Waals surface area contributed by atoms with Crippen molar-refractivity contribution >= 4 is 33.8 Å². The first-order valence-electron chi connectivity index (χ1n) is 10.6. The van der Waals surface area contributed by atoms with Gasteiger partial charge in [-0.2, -0.15) is 5.10 Å². The number of nitrogens with zero attached hydrogens (tertiary/aromatic N) is 2. The molecular weight excluding hydrogens is 454 g/mol. The summed E-state index contributed by atoms with van der Waals surface area (Å²) in [6.45, 7) is 2.86. The van der Waals surface area contributed by atoms with Gasteiger partial charge in [0.25, 0.3) is 15.9 Å². The molecule has 3 aromatic rings. The minimum atomic E-state index is -3.98. The highest BCUT2D eigenvalue weighted by Crippen LogP contribution is 2.24. The molecule has 0 aliphatic heterocycles. The van der Waals surface area contributed by atoms with Gasteiger partial charge in [-0.05, 0) is 66.1 Å². The maximum atomic E-state index is 13.3. The molecule has 0 bridgehead atoms. The van der Waals surface area contributed by atoms with Gasteiger partial charge in [-0.3, -0.25) is 13.9 Å². The van der Waals surface area contributed by atoms with Crippen LogP contribution in [0.1, 0.15) is 25.0 Å². The van der Waals surface area contributed by atoms with E-state index < -0.39 is 28.4 Å². The van der Waals surface area contributed by atoms with Gasteiger partial charge in [0.2, 0.25) is 0 Å². The predicted octanol–water partition coefficient (Wildman–Crippen LogP) is 3.52. The number of amides is 1. The second-order valence-corrected chi connectivity index (χ2v) is 9.16. The van der Waals surface area contributed by atoms with Gasteiger partial charge in [0.15, 0.2) is 0 Å². The summed E-state index contributed by atoms with van der Waals surface area (Å²) in [7, 11) is -3.98. The maximum Gasteiger partial charge on any atom is 0.308 e. The summed E-state index contributed by atoms with van der Waals surface area (Å²) in [6, 6.07) is 21.5. The molecular formula is C25H25N3O5S. The molecule has 1 amide bonds. The molecule has 0 saturated heterocycles. The van der Waals surface area contributed by atoms with Crippen LogP contribution in [0, 0.1) is 0 Å². The van der Waals surface area contributed by atoms with Gasteiger partial charge in [-0.1, -0.05) is 37.3 Å². The zero-order valence-electron chi connectivity index (χ0n) is 18.8. The number of sulfonamides is 1. The monoisotopic (exact) mass is 479 g/mol. The molecule has 9 heteroatoms. The molecule has 0 aliphatic rings. The van der Waals surface area contributed by atoms with Crippen molar-refractivity contribution in [2.75, 3.05) is 10.8 Å². The van der Waals surface area contributed by atoms with Crippen molar-refractivity contribution in [1.82, 2.24) is 5.43 Å². The molecule has 0 fully saturated rings. The van der Waals surface area contributed by atoms with Crippen molar-refractivity contribution in [3.63, 3.8) is 0 Å². The van der Waals surface area contributed by atoms with Crippen LogP contribution in [0.4, 0.5) is 5.69 Å². The summed E-state index contributed by atoms with van der Waals surface area (Å²) in [5.74, 6) is -0.635. The van der Waals surface area contributed by atoms with Crippen molar-refractivity contribution < 1.29 is 22.7 Å². The lowest BCUT2D eigenvalue weighted by Crippen LogP contribution is -2.39. The first kappa shape index (κ1) is 24.7. The third-order valence-corrected chi connectivity index (χ3v) is 6.58. The van der Waals surface area contributed by atoms with Gasteiger partial charge in [-0.25, -0.2) is 13.8 Å². The van der Waals surface area contributed by atoms with E-state index in [1.165, 1.54) is 25.3 Å². The normalized spacial score (nSPS) is 11.2. The number of carbonyl (C=O) groups is 2. The number of ether oxygens (including phenoxy) is 1. The molecule has 1 N–H and O–H groups in total. The molecule has 3 aromatic carbocycles. The number of hydrogen-bond donors (Lipinski definition) is 1. The Morgan fingerprint density at radius 1 is 0.971 bits per heavy atom. The second-order valence-electron chi connectivity index (χ2n) is 7.30. The molecule has 0 aromatic heterocycles. The fourth-order valence-corrected chi connectivity index (χ4v) is 4.51. The lowest BCUT2D eigenvalue weighted by molar-refractivity contribution is -0.131. The Kier molecular flexibility index (Phi) is 8.15. The van der Waals surface area contributed by atoms with Gasteiger partial charge in [0.1, 0.15) is 12.3 Å². The Morgan fingerprint density at radius 2 is 1.62 bits per heavy atom. The molecule has 34 heavy (non-hydrogen) atoms. The van der Waals surface area contributed by atoms with Crippen LogP contribution in [0.15, 0.2) is 88.9 Å². The van der Waals surface area contributed by atoms with Gasteiger partial charge in [-0.15, -0.1) is 0 Å². The van der Waals surface area contributed by atoms with Crippen molar-refractivity contribution in [2.24, 2.45) is 5.10 Å². The number of carbonyl (C=O) groups excluding carboxylic acids is 2. The molecule has 0 radical (unpaired) electrons. The van der Waals surface area contributed by atoms with Crippen LogP contribution in [0.5, 0.6) is 5.75 Å². The highest BCUT2D eigenvalue weighted by Gasteiger charge is 2.27. The van der Waals surface area contributed by atoms with Crippen LogP contribution in [0.25, 0.3) is 0 Å². The van der Waals surface area contributed by atoms with Crippen molar-refractivity contribution in [1.29, 1.82) is 0 Å². The molecule has 3 rings (SSSR count). The van der Waals surface area contributed by atoms with E-state index in [0.29, 0.717) is 17.0 Å². The Morgan fingerprint density at radius 3 is 2.21 bits per heavy atom. The van der Waals surface area contributed by atoms with Gasteiger partial charge < -0.3 is 4.74 Å². The molecule has 0 aliphatic carbocycles. The fourth-order valence-electron chi connectivity index (χ4n) is 3.07. The maximum absolute atomic E-state index is 13.3. The number of nitrogens with one attached hydrogen (secondary N) is 1. The van der Waals surface area contributed by atoms with Gasteiger partial charge in [0, 0.05) is 6.92 Å². The molecule has 0 atom stereocenters. The number of hydrogen-bond acceptors (Lipinski definition) is 6. The SMILES string of the molecule is CCc1ccc(N(CC(=O)N/N=C\c2ccc(OC(C)=O)cc2)S(=O)(=O)c2ccccc2)cc1. The molecule has 0 saturated carbocycles. The number of hydrazone groups is 1. The fraction of sp³-hybridized carbons (Fsp3) is 0.160. The predicted molar refractivity (Wildman–Crippen MR) is 130 cm³/mol. The summed E-state index contributed by atoms with van der Waals surface area (Å²) in [5, 5.41) is 3.91. The second kappa shape index (κ2) is 11.2. The summed E-state index contributed by atoms with van der Waals surface area (Å²) < 4.78 is 32.6. The van der Waals surface area contributed by atoms with Crippen LogP contribution in [-0.4, -0.2) is 33.1 Å². The Labute approximate surface area is 198 Å². The van der Waals surface area contributed by atoms with Crippen LogP contribution < -0.4 is 14.5 Å². The molecule has 176 valence electrons. The number of benzene rings is 3. The van der Waals surface area contributed by atoms with Crippen LogP contribution in [-0.2, 0) is 26.0 Å². The summed E-state index contributed by atoms with van der Waals surface area (Å²) in [6.07, 6.45) is 2.21. The Balaban J connectivity index is 1.75. The van der Waals surface area contributed by atoms with Crippen molar-refractivity contribution in [2.45, 2.75) is 25.2 Å².